The molecule has 1 aromatic carbocycles. The van der Waals surface area contributed by atoms with E-state index in [1.165, 1.54) is 0 Å². The number of carboxylic acid groups (broad SMARTS) is 1. The summed E-state index contributed by atoms with van der Waals surface area (Å²) in [7, 11) is 1.85. The number of likely N-dealkylation sites (N-methyl/N-ethyl adjacent to an activating group) is 1. The molecule has 0 spiro atoms. The lowest BCUT2D eigenvalue weighted by atomic mass is 10.1. The van der Waals surface area contributed by atoms with Crippen LogP contribution in [0.4, 0.5) is 5.69 Å². The number of rotatable bonds is 4. The molecule has 15 heavy (non-hydrogen) atoms. The van der Waals surface area contributed by atoms with E-state index in [1.807, 2.05) is 31.0 Å². The smallest absolute Gasteiger partial charge is 0.337 e. The molecular formula is C12H15NO2. The highest BCUT2D eigenvalue weighted by Gasteiger charge is 2.12. The van der Waals surface area contributed by atoms with E-state index in [0.29, 0.717) is 17.8 Å². The molecule has 80 valence electrons. The van der Waals surface area contributed by atoms with Crippen LogP contribution in [0.3, 0.4) is 0 Å². The van der Waals surface area contributed by atoms with Crippen LogP contribution in [0.5, 0.6) is 0 Å². The van der Waals surface area contributed by atoms with E-state index in [-0.39, 0.29) is 0 Å². The molecular weight excluding hydrogens is 190 g/mol. The number of nitrogens with zero attached hydrogens (tertiary/aromatic N) is 1. The molecule has 0 bridgehead atoms. The Kier molecular flexibility index (Phi) is 3.50. The van der Waals surface area contributed by atoms with Gasteiger partial charge in [0.15, 0.2) is 0 Å². The molecule has 1 rings (SSSR count). The third-order valence-corrected chi connectivity index (χ3v) is 2.20. The molecule has 1 N–H and O–H groups in total. The predicted octanol–water partition coefficient (Wildman–Crippen LogP) is 2.32. The summed E-state index contributed by atoms with van der Waals surface area (Å²) in [4.78, 5) is 12.9. The molecule has 0 amide bonds. The van der Waals surface area contributed by atoms with Gasteiger partial charge in [-0.25, -0.2) is 4.79 Å². The zero-order valence-electron chi connectivity index (χ0n) is 9.03. The van der Waals surface area contributed by atoms with Crippen molar-refractivity contribution in [3.63, 3.8) is 0 Å². The molecule has 0 fully saturated rings. The SMILES string of the molecule is C=CCN(C)c1ccc(C)cc1C(=O)O. The van der Waals surface area contributed by atoms with E-state index >= 15 is 0 Å². The fourth-order valence-corrected chi connectivity index (χ4v) is 1.45. The van der Waals surface area contributed by atoms with Crippen molar-refractivity contribution >= 4 is 11.7 Å². The Labute approximate surface area is 89.6 Å². The van der Waals surface area contributed by atoms with Gasteiger partial charge in [-0.15, -0.1) is 6.58 Å². The van der Waals surface area contributed by atoms with Crippen molar-refractivity contribution in [2.75, 3.05) is 18.5 Å². The van der Waals surface area contributed by atoms with Crippen molar-refractivity contribution in [1.29, 1.82) is 0 Å². The monoisotopic (exact) mass is 205 g/mol. The third-order valence-electron chi connectivity index (χ3n) is 2.20. The van der Waals surface area contributed by atoms with Gasteiger partial charge in [-0.1, -0.05) is 17.7 Å². The lowest BCUT2D eigenvalue weighted by Gasteiger charge is -2.19. The van der Waals surface area contributed by atoms with Gasteiger partial charge in [0.25, 0.3) is 0 Å². The molecule has 3 heteroatoms. The number of aromatic carboxylic acids is 1. The quantitative estimate of drug-likeness (QED) is 0.767. The summed E-state index contributed by atoms with van der Waals surface area (Å²) >= 11 is 0. The van der Waals surface area contributed by atoms with Crippen LogP contribution in [0, 0.1) is 6.92 Å². The van der Waals surface area contributed by atoms with E-state index < -0.39 is 5.97 Å². The summed E-state index contributed by atoms with van der Waals surface area (Å²) in [6.45, 7) is 6.14. The molecule has 0 aliphatic heterocycles. The number of hydrogen-bond donors (Lipinski definition) is 1. The minimum absolute atomic E-state index is 0.333. The first kappa shape index (κ1) is 11.3. The van der Waals surface area contributed by atoms with Crippen LogP contribution in [-0.4, -0.2) is 24.7 Å². The van der Waals surface area contributed by atoms with Crippen molar-refractivity contribution in [3.8, 4) is 0 Å². The normalized spacial score (nSPS) is 9.73. The van der Waals surface area contributed by atoms with Gasteiger partial charge in [-0.3, -0.25) is 0 Å². The summed E-state index contributed by atoms with van der Waals surface area (Å²) in [5.41, 5.74) is 2.00. The second kappa shape index (κ2) is 4.64. The average Bonchev–Trinajstić information content (AvgIpc) is 2.17. The zero-order valence-corrected chi connectivity index (χ0v) is 9.03. The van der Waals surface area contributed by atoms with Crippen LogP contribution in [0.15, 0.2) is 30.9 Å². The van der Waals surface area contributed by atoms with Crippen molar-refractivity contribution < 1.29 is 9.90 Å². The lowest BCUT2D eigenvalue weighted by Crippen LogP contribution is -2.19. The summed E-state index contributed by atoms with van der Waals surface area (Å²) in [5, 5.41) is 9.05. The zero-order chi connectivity index (χ0) is 11.4. The van der Waals surface area contributed by atoms with Gasteiger partial charge in [0, 0.05) is 13.6 Å². The number of anilines is 1. The van der Waals surface area contributed by atoms with Gasteiger partial charge in [0.2, 0.25) is 0 Å². The van der Waals surface area contributed by atoms with Gasteiger partial charge in [-0.05, 0) is 19.1 Å². The molecule has 0 aliphatic rings. The van der Waals surface area contributed by atoms with Crippen LogP contribution in [0.25, 0.3) is 0 Å². The fourth-order valence-electron chi connectivity index (χ4n) is 1.45. The number of hydrogen-bond acceptors (Lipinski definition) is 2. The van der Waals surface area contributed by atoms with Gasteiger partial charge < -0.3 is 10.0 Å². The summed E-state index contributed by atoms with van der Waals surface area (Å²) in [6.07, 6.45) is 1.74. The third kappa shape index (κ3) is 2.59. The molecule has 0 atom stereocenters. The van der Waals surface area contributed by atoms with Crippen molar-refractivity contribution in [2.45, 2.75) is 6.92 Å². The first-order valence-corrected chi connectivity index (χ1v) is 4.72. The van der Waals surface area contributed by atoms with E-state index in [4.69, 9.17) is 5.11 Å². The van der Waals surface area contributed by atoms with E-state index in [0.717, 1.165) is 5.56 Å². The fraction of sp³-hybridized carbons (Fsp3) is 0.250. The lowest BCUT2D eigenvalue weighted by molar-refractivity contribution is 0.0697. The topological polar surface area (TPSA) is 40.5 Å². The molecule has 0 unspecified atom stereocenters. The van der Waals surface area contributed by atoms with Gasteiger partial charge in [0.1, 0.15) is 0 Å². The minimum Gasteiger partial charge on any atom is -0.478 e. The highest BCUT2D eigenvalue weighted by molar-refractivity contribution is 5.94. The van der Waals surface area contributed by atoms with Crippen LogP contribution in [-0.2, 0) is 0 Å². The maximum Gasteiger partial charge on any atom is 0.337 e. The standard InChI is InChI=1S/C12H15NO2/c1-4-7-13(3)11-6-5-9(2)8-10(11)12(14)15/h4-6,8H,1,7H2,2-3H3,(H,14,15). The average molecular weight is 205 g/mol. The number of benzene rings is 1. The van der Waals surface area contributed by atoms with E-state index in [1.54, 1.807) is 12.1 Å². The van der Waals surface area contributed by atoms with Crippen LogP contribution >= 0.6 is 0 Å². The van der Waals surface area contributed by atoms with E-state index in [9.17, 15) is 4.79 Å². The summed E-state index contributed by atoms with van der Waals surface area (Å²) in [5.74, 6) is -0.899. The van der Waals surface area contributed by atoms with Crippen molar-refractivity contribution in [1.82, 2.24) is 0 Å². The van der Waals surface area contributed by atoms with Crippen LogP contribution < -0.4 is 4.90 Å². The Bertz CT molecular complexity index is 385. The predicted molar refractivity (Wildman–Crippen MR) is 61.6 cm³/mol. The Balaban J connectivity index is 3.16. The molecule has 0 aromatic heterocycles. The molecule has 1 aromatic rings. The molecule has 3 nitrogen and oxygen atoms in total. The number of carbonyl (C=O) groups is 1. The van der Waals surface area contributed by atoms with Gasteiger partial charge in [-0.2, -0.15) is 0 Å². The maximum absolute atomic E-state index is 11.0. The largest absolute Gasteiger partial charge is 0.478 e. The van der Waals surface area contributed by atoms with Crippen LogP contribution in [0.1, 0.15) is 15.9 Å². The minimum atomic E-state index is -0.899. The Hall–Kier alpha value is -1.77. The summed E-state index contributed by atoms with van der Waals surface area (Å²) < 4.78 is 0. The van der Waals surface area contributed by atoms with E-state index in [2.05, 4.69) is 6.58 Å². The van der Waals surface area contributed by atoms with Crippen LogP contribution in [0.2, 0.25) is 0 Å². The summed E-state index contributed by atoms with van der Waals surface area (Å²) in [6, 6.07) is 5.40. The Morgan fingerprint density at radius 3 is 2.80 bits per heavy atom. The first-order chi connectivity index (χ1) is 7.06. The Morgan fingerprint density at radius 2 is 2.27 bits per heavy atom. The molecule has 0 heterocycles. The van der Waals surface area contributed by atoms with Crippen molar-refractivity contribution in [2.24, 2.45) is 0 Å². The molecule has 0 saturated carbocycles. The number of carboxylic acids is 1. The molecule has 0 saturated heterocycles. The highest BCUT2D eigenvalue weighted by atomic mass is 16.4. The Morgan fingerprint density at radius 1 is 1.60 bits per heavy atom. The molecule has 0 radical (unpaired) electrons. The van der Waals surface area contributed by atoms with Gasteiger partial charge in [0.05, 0.1) is 11.3 Å². The molecule has 0 aliphatic carbocycles. The second-order valence-electron chi connectivity index (χ2n) is 3.49. The highest BCUT2D eigenvalue weighted by Crippen LogP contribution is 2.20. The van der Waals surface area contributed by atoms with Crippen molar-refractivity contribution in [3.05, 3.63) is 42.0 Å². The van der Waals surface area contributed by atoms with Gasteiger partial charge >= 0.3 is 5.97 Å². The maximum atomic E-state index is 11.0. The first-order valence-electron chi connectivity index (χ1n) is 4.72. The number of aryl methyl sites for hydroxylation is 1. The second-order valence-corrected chi connectivity index (χ2v) is 3.49.